The van der Waals surface area contributed by atoms with Crippen molar-refractivity contribution in [2.75, 3.05) is 5.32 Å². The molecule has 3 unspecified atom stereocenters. The van der Waals surface area contributed by atoms with Gasteiger partial charge in [0.25, 0.3) is 5.91 Å². The van der Waals surface area contributed by atoms with Gasteiger partial charge in [-0.05, 0) is 112 Å². The first kappa shape index (κ1) is 36.4. The smallest absolute Gasteiger partial charge is 0.255 e. The molecular weight excluding hydrogens is 582 g/mol. The molecule has 0 aliphatic carbocycles. The minimum atomic E-state index is -0.216. The summed E-state index contributed by atoms with van der Waals surface area (Å²) in [5, 5.41) is 13.6. The van der Waals surface area contributed by atoms with Gasteiger partial charge in [0.2, 0.25) is 0 Å². The average Bonchev–Trinajstić information content (AvgIpc) is 3.03. The molecule has 0 aromatic heterocycles. The average molecular weight is 642 g/mol. The van der Waals surface area contributed by atoms with Crippen LogP contribution in [0.15, 0.2) is 48.5 Å². The van der Waals surface area contributed by atoms with E-state index >= 15 is 0 Å². The maximum atomic E-state index is 12.7. The number of benzene rings is 3. The summed E-state index contributed by atoms with van der Waals surface area (Å²) in [5.74, 6) is 4.26. The molecule has 3 atom stereocenters. The number of hydrogen-bond donors (Lipinski definition) is 2. The van der Waals surface area contributed by atoms with Crippen molar-refractivity contribution in [1.29, 1.82) is 0 Å². The summed E-state index contributed by atoms with van der Waals surface area (Å²) in [5.41, 5.74) is 5.24. The van der Waals surface area contributed by atoms with Crippen molar-refractivity contribution in [3.63, 3.8) is 0 Å². The van der Waals surface area contributed by atoms with Crippen LogP contribution in [0.1, 0.15) is 131 Å². The number of phenols is 1. The van der Waals surface area contributed by atoms with Gasteiger partial charge in [0.1, 0.15) is 17.1 Å². The van der Waals surface area contributed by atoms with Crippen molar-refractivity contribution < 1.29 is 19.4 Å². The fourth-order valence-electron chi connectivity index (χ4n) is 6.99. The summed E-state index contributed by atoms with van der Waals surface area (Å²) < 4.78 is 13.2. The van der Waals surface area contributed by atoms with Crippen molar-refractivity contribution in [2.45, 2.75) is 132 Å². The van der Waals surface area contributed by atoms with Gasteiger partial charge in [-0.25, -0.2) is 0 Å². The molecule has 256 valence electrons. The number of aromatic hydroxyl groups is 1. The van der Waals surface area contributed by atoms with Crippen LogP contribution < -0.4 is 14.8 Å². The lowest BCUT2D eigenvalue weighted by Crippen LogP contribution is -2.37. The lowest BCUT2D eigenvalue weighted by atomic mass is 9.83. The lowest BCUT2D eigenvalue weighted by molar-refractivity contribution is 0.0512. The SMILES string of the molecule is Cc1c(C)c2c(c(C)c1Oc1cc(NC(=O)c3ccccc3)ccc1O)CCC(C)(CCCC(C)CCCC(C)CCCC(C)C)O2. The zero-order valence-electron chi connectivity index (χ0n) is 30.3. The Bertz CT molecular complexity index is 1480. The third-order valence-electron chi connectivity index (χ3n) is 10.3. The van der Waals surface area contributed by atoms with E-state index in [4.69, 9.17) is 9.47 Å². The molecule has 2 N–H and O–H groups in total. The minimum Gasteiger partial charge on any atom is -0.504 e. The predicted molar refractivity (Wildman–Crippen MR) is 195 cm³/mol. The van der Waals surface area contributed by atoms with Gasteiger partial charge in [-0.2, -0.15) is 0 Å². The number of anilines is 1. The molecular formula is C42H59NO4. The van der Waals surface area contributed by atoms with E-state index in [9.17, 15) is 9.90 Å². The molecule has 5 heteroatoms. The van der Waals surface area contributed by atoms with Crippen molar-refractivity contribution in [3.05, 3.63) is 76.3 Å². The molecule has 0 bridgehead atoms. The topological polar surface area (TPSA) is 67.8 Å². The summed E-state index contributed by atoms with van der Waals surface area (Å²) in [6, 6.07) is 14.0. The highest BCUT2D eigenvalue weighted by molar-refractivity contribution is 6.04. The molecule has 0 spiro atoms. The Morgan fingerprint density at radius 2 is 1.51 bits per heavy atom. The number of nitrogens with one attached hydrogen (secondary N) is 1. The Kier molecular flexibility index (Phi) is 12.8. The van der Waals surface area contributed by atoms with Crippen LogP contribution in [0.3, 0.4) is 0 Å². The van der Waals surface area contributed by atoms with Gasteiger partial charge in [0.05, 0.1) is 0 Å². The lowest BCUT2D eigenvalue weighted by Gasteiger charge is -2.38. The van der Waals surface area contributed by atoms with Gasteiger partial charge >= 0.3 is 0 Å². The zero-order chi connectivity index (χ0) is 34.1. The number of amides is 1. The molecule has 47 heavy (non-hydrogen) atoms. The molecule has 5 nitrogen and oxygen atoms in total. The van der Waals surface area contributed by atoms with E-state index in [1.54, 1.807) is 30.3 Å². The highest BCUT2D eigenvalue weighted by atomic mass is 16.5. The van der Waals surface area contributed by atoms with Gasteiger partial charge < -0.3 is 19.9 Å². The van der Waals surface area contributed by atoms with Crippen LogP contribution in [0.2, 0.25) is 0 Å². The fourth-order valence-corrected chi connectivity index (χ4v) is 6.99. The summed E-state index contributed by atoms with van der Waals surface area (Å²) >= 11 is 0. The summed E-state index contributed by atoms with van der Waals surface area (Å²) in [6.07, 6.45) is 13.5. The Morgan fingerprint density at radius 3 is 2.17 bits per heavy atom. The van der Waals surface area contributed by atoms with E-state index in [0.717, 1.165) is 65.2 Å². The first-order valence-corrected chi connectivity index (χ1v) is 18.1. The molecule has 0 radical (unpaired) electrons. The summed E-state index contributed by atoms with van der Waals surface area (Å²) in [4.78, 5) is 12.7. The second kappa shape index (κ2) is 16.6. The molecule has 3 aromatic carbocycles. The van der Waals surface area contributed by atoms with E-state index in [0.29, 0.717) is 17.0 Å². The first-order valence-electron chi connectivity index (χ1n) is 18.1. The third-order valence-corrected chi connectivity index (χ3v) is 10.3. The number of carbonyl (C=O) groups excluding carboxylic acids is 1. The van der Waals surface area contributed by atoms with E-state index in [2.05, 4.69) is 60.7 Å². The van der Waals surface area contributed by atoms with Crippen molar-refractivity contribution >= 4 is 11.6 Å². The summed E-state index contributed by atoms with van der Waals surface area (Å²) in [6.45, 7) is 18.0. The largest absolute Gasteiger partial charge is 0.504 e. The third kappa shape index (κ3) is 10.0. The van der Waals surface area contributed by atoms with Gasteiger partial charge in [0, 0.05) is 22.9 Å². The van der Waals surface area contributed by atoms with Crippen LogP contribution in [-0.4, -0.2) is 16.6 Å². The number of rotatable bonds is 16. The van der Waals surface area contributed by atoms with E-state index in [1.807, 2.05) is 18.2 Å². The van der Waals surface area contributed by atoms with Crippen LogP contribution >= 0.6 is 0 Å². The van der Waals surface area contributed by atoms with Crippen molar-refractivity contribution in [1.82, 2.24) is 0 Å². The van der Waals surface area contributed by atoms with Gasteiger partial charge in [-0.15, -0.1) is 0 Å². The number of fused-ring (bicyclic) bond motifs is 1. The van der Waals surface area contributed by atoms with Crippen molar-refractivity contribution in [2.24, 2.45) is 17.8 Å². The van der Waals surface area contributed by atoms with Crippen LogP contribution in [0.25, 0.3) is 0 Å². The van der Waals surface area contributed by atoms with E-state index < -0.39 is 0 Å². The van der Waals surface area contributed by atoms with Crippen LogP contribution in [-0.2, 0) is 6.42 Å². The molecule has 1 heterocycles. The molecule has 1 aliphatic heterocycles. The molecule has 1 amide bonds. The Balaban J connectivity index is 1.35. The maximum Gasteiger partial charge on any atom is 0.255 e. The van der Waals surface area contributed by atoms with E-state index in [-0.39, 0.29) is 17.3 Å². The monoisotopic (exact) mass is 641 g/mol. The Morgan fingerprint density at radius 1 is 0.872 bits per heavy atom. The van der Waals surface area contributed by atoms with E-state index in [1.165, 1.54) is 56.9 Å². The molecule has 0 saturated carbocycles. The number of carbonyl (C=O) groups is 1. The number of ether oxygens (including phenoxy) is 2. The molecule has 1 aliphatic rings. The highest BCUT2D eigenvalue weighted by Crippen LogP contribution is 2.47. The zero-order valence-corrected chi connectivity index (χ0v) is 30.3. The molecule has 3 aromatic rings. The standard InChI is InChI=1S/C42H59NO4/c1-28(2)15-12-16-29(3)17-13-18-30(4)19-14-25-42(8)26-24-36-33(7)39(31(5)32(6)40(36)47-42)46-38-27-35(22-23-37(38)44)43-41(45)34-20-10-9-11-21-34/h9-11,20-23,27-30,44H,12-19,24-26H2,1-8H3,(H,43,45). The van der Waals surface area contributed by atoms with Crippen LogP contribution in [0, 0.1) is 38.5 Å². The van der Waals surface area contributed by atoms with Crippen molar-refractivity contribution in [3.8, 4) is 23.0 Å². The second-order valence-corrected chi connectivity index (χ2v) is 15.0. The predicted octanol–water partition coefficient (Wildman–Crippen LogP) is 11.9. The quantitative estimate of drug-likeness (QED) is 0.153. The van der Waals surface area contributed by atoms with Crippen LogP contribution in [0.5, 0.6) is 23.0 Å². The van der Waals surface area contributed by atoms with Gasteiger partial charge in [-0.3, -0.25) is 4.79 Å². The number of phenolic OH excluding ortho intramolecular Hbond substituents is 1. The Labute approximate surface area is 284 Å². The normalized spacial score (nSPS) is 17.1. The first-order chi connectivity index (χ1) is 22.4. The minimum absolute atomic E-state index is 0.0195. The second-order valence-electron chi connectivity index (χ2n) is 15.0. The van der Waals surface area contributed by atoms with Gasteiger partial charge in [-0.1, -0.05) is 90.8 Å². The highest BCUT2D eigenvalue weighted by Gasteiger charge is 2.34. The molecule has 4 rings (SSSR count). The van der Waals surface area contributed by atoms with Gasteiger partial charge in [0.15, 0.2) is 11.5 Å². The molecule has 0 fully saturated rings. The fraction of sp³-hybridized carbons (Fsp3) is 0.548. The number of hydrogen-bond acceptors (Lipinski definition) is 4. The molecule has 0 saturated heterocycles. The Hall–Kier alpha value is -3.47. The summed E-state index contributed by atoms with van der Waals surface area (Å²) in [7, 11) is 0. The van der Waals surface area contributed by atoms with Crippen LogP contribution in [0.4, 0.5) is 5.69 Å². The maximum absolute atomic E-state index is 12.7.